The van der Waals surface area contributed by atoms with Crippen molar-refractivity contribution in [1.29, 1.82) is 0 Å². The molecule has 0 atom stereocenters. The molecule has 1 aliphatic heterocycles. The Hall–Kier alpha value is -2.82. The Bertz CT molecular complexity index is 744. The van der Waals surface area contributed by atoms with E-state index < -0.39 is 0 Å². The van der Waals surface area contributed by atoms with Crippen molar-refractivity contribution in [2.75, 3.05) is 23.4 Å². The third-order valence-corrected chi connectivity index (χ3v) is 3.93. The molecule has 1 N–H and O–H groups in total. The lowest BCUT2D eigenvalue weighted by Crippen LogP contribution is -2.39. The minimum atomic E-state index is -0.182. The van der Waals surface area contributed by atoms with Crippen LogP contribution in [0.5, 0.6) is 5.75 Å². The SMILES string of the molecule is CCCCN1C(=O)COc2ccc(NC(=O)c3ccccc3)cc21. The highest BCUT2D eigenvalue weighted by molar-refractivity contribution is 6.05. The molecule has 0 spiro atoms. The second-order valence-electron chi connectivity index (χ2n) is 5.69. The van der Waals surface area contributed by atoms with Gasteiger partial charge in [0.15, 0.2) is 6.61 Å². The zero-order valence-electron chi connectivity index (χ0n) is 13.6. The molecule has 2 aromatic rings. The van der Waals surface area contributed by atoms with Crippen LogP contribution in [-0.4, -0.2) is 25.0 Å². The highest BCUT2D eigenvalue weighted by atomic mass is 16.5. The zero-order valence-corrected chi connectivity index (χ0v) is 13.6. The lowest BCUT2D eigenvalue weighted by Gasteiger charge is -2.29. The van der Waals surface area contributed by atoms with Crippen LogP contribution in [0.15, 0.2) is 48.5 Å². The number of amides is 2. The number of carbonyl (C=O) groups excluding carboxylic acids is 2. The molecular formula is C19H20N2O3. The van der Waals surface area contributed by atoms with E-state index in [4.69, 9.17) is 4.74 Å². The van der Waals surface area contributed by atoms with Crippen LogP contribution in [0.1, 0.15) is 30.1 Å². The average molecular weight is 324 g/mol. The standard InChI is InChI=1S/C19H20N2O3/c1-2-3-11-21-16-12-15(9-10-17(16)24-13-18(21)22)20-19(23)14-7-5-4-6-8-14/h4-10,12H,2-3,11,13H2,1H3,(H,20,23). The molecule has 1 heterocycles. The number of anilines is 2. The number of ether oxygens (including phenoxy) is 1. The van der Waals surface area contributed by atoms with Crippen molar-refractivity contribution in [1.82, 2.24) is 0 Å². The summed E-state index contributed by atoms with van der Waals surface area (Å²) < 4.78 is 5.49. The molecule has 24 heavy (non-hydrogen) atoms. The lowest BCUT2D eigenvalue weighted by atomic mass is 10.1. The smallest absolute Gasteiger partial charge is 0.265 e. The number of hydrogen-bond acceptors (Lipinski definition) is 3. The molecule has 5 heteroatoms. The Morgan fingerprint density at radius 1 is 1.21 bits per heavy atom. The van der Waals surface area contributed by atoms with Gasteiger partial charge in [-0.25, -0.2) is 0 Å². The summed E-state index contributed by atoms with van der Waals surface area (Å²) in [5.74, 6) is 0.435. The van der Waals surface area contributed by atoms with Gasteiger partial charge in [-0.1, -0.05) is 31.5 Å². The van der Waals surface area contributed by atoms with Gasteiger partial charge < -0.3 is 15.0 Å². The fourth-order valence-electron chi connectivity index (χ4n) is 2.63. The van der Waals surface area contributed by atoms with E-state index in [1.54, 1.807) is 35.2 Å². The molecule has 0 fully saturated rings. The van der Waals surface area contributed by atoms with Gasteiger partial charge in [0.25, 0.3) is 11.8 Å². The van der Waals surface area contributed by atoms with Gasteiger partial charge in [0, 0.05) is 17.8 Å². The van der Waals surface area contributed by atoms with Crippen molar-refractivity contribution in [3.63, 3.8) is 0 Å². The highest BCUT2D eigenvalue weighted by Crippen LogP contribution is 2.34. The van der Waals surface area contributed by atoms with Gasteiger partial charge in [-0.05, 0) is 36.8 Å². The molecule has 2 aromatic carbocycles. The topological polar surface area (TPSA) is 58.6 Å². The van der Waals surface area contributed by atoms with Crippen LogP contribution >= 0.6 is 0 Å². The van der Waals surface area contributed by atoms with Gasteiger partial charge in [-0.15, -0.1) is 0 Å². The summed E-state index contributed by atoms with van der Waals surface area (Å²) in [5.41, 5.74) is 1.94. The first-order valence-corrected chi connectivity index (χ1v) is 8.12. The summed E-state index contributed by atoms with van der Waals surface area (Å²) in [5, 5.41) is 2.87. The summed E-state index contributed by atoms with van der Waals surface area (Å²) in [6.07, 6.45) is 1.93. The Morgan fingerprint density at radius 3 is 2.75 bits per heavy atom. The van der Waals surface area contributed by atoms with Crippen molar-refractivity contribution in [2.24, 2.45) is 0 Å². The highest BCUT2D eigenvalue weighted by Gasteiger charge is 2.25. The summed E-state index contributed by atoms with van der Waals surface area (Å²) in [6.45, 7) is 2.80. The summed E-state index contributed by atoms with van der Waals surface area (Å²) >= 11 is 0. The number of fused-ring (bicyclic) bond motifs is 1. The molecule has 0 bridgehead atoms. The molecule has 0 saturated carbocycles. The number of hydrogen-bond donors (Lipinski definition) is 1. The average Bonchev–Trinajstić information content (AvgIpc) is 2.61. The van der Waals surface area contributed by atoms with Gasteiger partial charge in [0.05, 0.1) is 5.69 Å². The van der Waals surface area contributed by atoms with Crippen molar-refractivity contribution in [2.45, 2.75) is 19.8 Å². The molecule has 5 nitrogen and oxygen atoms in total. The fraction of sp³-hybridized carbons (Fsp3) is 0.263. The second-order valence-corrected chi connectivity index (χ2v) is 5.69. The van der Waals surface area contributed by atoms with Gasteiger partial charge in [-0.3, -0.25) is 9.59 Å². The number of nitrogens with zero attached hydrogens (tertiary/aromatic N) is 1. The molecule has 3 rings (SSSR count). The van der Waals surface area contributed by atoms with Gasteiger partial charge in [0.2, 0.25) is 0 Å². The normalized spacial score (nSPS) is 13.2. The number of carbonyl (C=O) groups is 2. The van der Waals surface area contributed by atoms with Crippen LogP contribution in [0.4, 0.5) is 11.4 Å². The van der Waals surface area contributed by atoms with Crippen molar-refractivity contribution in [3.8, 4) is 5.75 Å². The third kappa shape index (κ3) is 3.40. The number of nitrogens with one attached hydrogen (secondary N) is 1. The fourth-order valence-corrected chi connectivity index (χ4v) is 2.63. The van der Waals surface area contributed by atoms with E-state index in [0.717, 1.165) is 12.8 Å². The maximum absolute atomic E-state index is 12.3. The van der Waals surface area contributed by atoms with E-state index in [9.17, 15) is 9.59 Å². The molecule has 1 aliphatic rings. The molecular weight excluding hydrogens is 304 g/mol. The predicted molar refractivity (Wildman–Crippen MR) is 93.6 cm³/mol. The van der Waals surface area contributed by atoms with Crippen LogP contribution in [0.25, 0.3) is 0 Å². The molecule has 0 aliphatic carbocycles. The zero-order chi connectivity index (χ0) is 16.9. The monoisotopic (exact) mass is 324 g/mol. The summed E-state index contributed by atoms with van der Waals surface area (Å²) in [7, 11) is 0. The Labute approximate surface area is 141 Å². The Kier molecular flexibility index (Phi) is 4.79. The second kappa shape index (κ2) is 7.17. The predicted octanol–water partition coefficient (Wildman–Crippen LogP) is 3.46. The van der Waals surface area contributed by atoms with E-state index in [1.807, 2.05) is 18.2 Å². The van der Waals surface area contributed by atoms with E-state index >= 15 is 0 Å². The lowest BCUT2D eigenvalue weighted by molar-refractivity contribution is -0.121. The van der Waals surface area contributed by atoms with E-state index in [0.29, 0.717) is 29.2 Å². The Morgan fingerprint density at radius 2 is 2.00 bits per heavy atom. The van der Waals surface area contributed by atoms with Crippen LogP contribution in [0.2, 0.25) is 0 Å². The van der Waals surface area contributed by atoms with Crippen molar-refractivity contribution in [3.05, 3.63) is 54.1 Å². The van der Waals surface area contributed by atoms with Gasteiger partial charge >= 0.3 is 0 Å². The summed E-state index contributed by atoms with van der Waals surface area (Å²) in [6, 6.07) is 14.4. The first kappa shape index (κ1) is 16.1. The van der Waals surface area contributed by atoms with Crippen LogP contribution in [0.3, 0.4) is 0 Å². The van der Waals surface area contributed by atoms with Crippen molar-refractivity contribution < 1.29 is 14.3 Å². The number of rotatable bonds is 5. The third-order valence-electron chi connectivity index (χ3n) is 3.93. The molecule has 0 saturated heterocycles. The van der Waals surface area contributed by atoms with Gasteiger partial charge in [0.1, 0.15) is 5.75 Å². The maximum Gasteiger partial charge on any atom is 0.265 e. The minimum Gasteiger partial charge on any atom is -0.482 e. The van der Waals surface area contributed by atoms with Crippen LogP contribution < -0.4 is 15.0 Å². The van der Waals surface area contributed by atoms with E-state index in [-0.39, 0.29) is 18.4 Å². The maximum atomic E-state index is 12.3. The first-order chi connectivity index (χ1) is 11.7. The largest absolute Gasteiger partial charge is 0.482 e. The molecule has 0 radical (unpaired) electrons. The first-order valence-electron chi connectivity index (χ1n) is 8.12. The molecule has 124 valence electrons. The quantitative estimate of drug-likeness (QED) is 0.916. The van der Waals surface area contributed by atoms with Crippen LogP contribution in [-0.2, 0) is 4.79 Å². The summed E-state index contributed by atoms with van der Waals surface area (Å²) in [4.78, 5) is 26.1. The van der Waals surface area contributed by atoms with Crippen molar-refractivity contribution >= 4 is 23.2 Å². The minimum absolute atomic E-state index is 0.0533. The molecule has 0 unspecified atom stereocenters. The van der Waals surface area contributed by atoms with E-state index in [1.165, 1.54) is 0 Å². The van der Waals surface area contributed by atoms with E-state index in [2.05, 4.69) is 12.2 Å². The van der Waals surface area contributed by atoms with Crippen LogP contribution in [0, 0.1) is 0 Å². The number of unbranched alkanes of at least 4 members (excludes halogenated alkanes) is 1. The Balaban J connectivity index is 1.83. The van der Waals surface area contributed by atoms with Gasteiger partial charge in [-0.2, -0.15) is 0 Å². The number of benzene rings is 2. The molecule has 0 aromatic heterocycles. The molecule has 2 amide bonds.